The molecule has 120 valence electrons. The van der Waals surface area contributed by atoms with E-state index in [1.807, 2.05) is 24.3 Å². The van der Waals surface area contributed by atoms with Crippen molar-refractivity contribution in [3.8, 4) is 5.75 Å². The SMILES string of the molecule is O=S1(=O)CC[C@@H](N(CCO)CC2=Cc3ccccc3OC2)C1. The first-order chi connectivity index (χ1) is 10.6. The lowest BCUT2D eigenvalue weighted by atomic mass is 10.1. The topological polar surface area (TPSA) is 66.8 Å². The van der Waals surface area contributed by atoms with Crippen molar-refractivity contribution in [2.45, 2.75) is 12.5 Å². The monoisotopic (exact) mass is 323 g/mol. The van der Waals surface area contributed by atoms with Crippen LogP contribution in [0, 0.1) is 0 Å². The number of ether oxygens (including phenoxy) is 1. The molecule has 2 aliphatic rings. The second kappa shape index (κ2) is 6.40. The fourth-order valence-corrected chi connectivity index (χ4v) is 4.86. The van der Waals surface area contributed by atoms with Gasteiger partial charge >= 0.3 is 0 Å². The van der Waals surface area contributed by atoms with Crippen molar-refractivity contribution in [2.24, 2.45) is 0 Å². The molecule has 5 nitrogen and oxygen atoms in total. The molecule has 0 saturated carbocycles. The van der Waals surface area contributed by atoms with E-state index in [1.165, 1.54) is 0 Å². The summed E-state index contributed by atoms with van der Waals surface area (Å²) >= 11 is 0. The zero-order valence-electron chi connectivity index (χ0n) is 12.4. The first-order valence-corrected chi connectivity index (χ1v) is 9.36. The van der Waals surface area contributed by atoms with Crippen molar-refractivity contribution in [1.82, 2.24) is 4.90 Å². The summed E-state index contributed by atoms with van der Waals surface area (Å²) in [6.07, 6.45) is 2.75. The summed E-state index contributed by atoms with van der Waals surface area (Å²) in [4.78, 5) is 2.06. The molecule has 2 heterocycles. The van der Waals surface area contributed by atoms with Crippen molar-refractivity contribution >= 4 is 15.9 Å². The zero-order valence-corrected chi connectivity index (χ0v) is 13.3. The number of sulfone groups is 1. The van der Waals surface area contributed by atoms with Gasteiger partial charge in [0.2, 0.25) is 0 Å². The molecule has 0 bridgehead atoms. The van der Waals surface area contributed by atoms with E-state index in [1.54, 1.807) is 0 Å². The van der Waals surface area contributed by atoms with E-state index >= 15 is 0 Å². The predicted octanol–water partition coefficient (Wildman–Crippen LogP) is 0.944. The third-order valence-electron chi connectivity index (χ3n) is 4.21. The number of aliphatic hydroxyl groups excluding tert-OH is 1. The first kappa shape index (κ1) is 15.5. The number of hydrogen-bond donors (Lipinski definition) is 1. The Balaban J connectivity index is 1.73. The van der Waals surface area contributed by atoms with E-state index in [0.717, 1.165) is 16.9 Å². The maximum absolute atomic E-state index is 11.7. The van der Waals surface area contributed by atoms with Crippen molar-refractivity contribution in [2.75, 3.05) is 37.8 Å². The molecule has 1 aromatic rings. The standard InChI is InChI=1S/C16H21NO4S/c18-7-6-17(15-5-8-22(19,20)12-15)10-13-9-14-3-1-2-4-16(14)21-11-13/h1-4,9,15,18H,5-8,10-12H2/t15-/m1/s1. The van der Waals surface area contributed by atoms with Crippen LogP contribution in [0.1, 0.15) is 12.0 Å². The fourth-order valence-electron chi connectivity index (χ4n) is 3.10. The first-order valence-electron chi connectivity index (χ1n) is 7.54. The molecule has 1 fully saturated rings. The Morgan fingerprint density at radius 1 is 1.32 bits per heavy atom. The van der Waals surface area contributed by atoms with Gasteiger partial charge in [0, 0.05) is 24.7 Å². The van der Waals surface area contributed by atoms with Crippen molar-refractivity contribution in [3.63, 3.8) is 0 Å². The van der Waals surface area contributed by atoms with Crippen LogP contribution < -0.4 is 4.74 Å². The van der Waals surface area contributed by atoms with Crippen LogP contribution in [0.25, 0.3) is 6.08 Å². The molecule has 0 aromatic heterocycles. The number of nitrogens with zero attached hydrogens (tertiary/aromatic N) is 1. The average molecular weight is 323 g/mol. The third kappa shape index (κ3) is 3.51. The predicted molar refractivity (Wildman–Crippen MR) is 85.6 cm³/mol. The summed E-state index contributed by atoms with van der Waals surface area (Å²) in [5, 5.41) is 9.27. The summed E-state index contributed by atoms with van der Waals surface area (Å²) in [6.45, 7) is 1.66. The number of hydrogen-bond acceptors (Lipinski definition) is 5. The van der Waals surface area contributed by atoms with E-state index in [2.05, 4.69) is 11.0 Å². The molecule has 1 N–H and O–H groups in total. The summed E-state index contributed by atoms with van der Waals surface area (Å²) in [6, 6.07) is 7.86. The van der Waals surface area contributed by atoms with Gasteiger partial charge in [-0.2, -0.15) is 0 Å². The molecular formula is C16H21NO4S. The van der Waals surface area contributed by atoms with Gasteiger partial charge in [-0.15, -0.1) is 0 Å². The Morgan fingerprint density at radius 2 is 2.14 bits per heavy atom. The fraction of sp³-hybridized carbons (Fsp3) is 0.500. The third-order valence-corrected chi connectivity index (χ3v) is 5.96. The Morgan fingerprint density at radius 3 is 2.86 bits per heavy atom. The summed E-state index contributed by atoms with van der Waals surface area (Å²) in [5.41, 5.74) is 2.16. The van der Waals surface area contributed by atoms with Crippen LogP contribution in [0.4, 0.5) is 0 Å². The maximum atomic E-state index is 11.7. The van der Waals surface area contributed by atoms with Crippen LogP contribution in [-0.2, 0) is 9.84 Å². The lowest BCUT2D eigenvalue weighted by Crippen LogP contribution is -2.40. The summed E-state index contributed by atoms with van der Waals surface area (Å²) in [7, 11) is -2.92. The molecule has 1 saturated heterocycles. The number of fused-ring (bicyclic) bond motifs is 1. The van der Waals surface area contributed by atoms with Gasteiger partial charge in [-0.05, 0) is 24.1 Å². The van der Waals surface area contributed by atoms with E-state index in [-0.39, 0.29) is 24.2 Å². The Labute approximate surface area is 131 Å². The van der Waals surface area contributed by atoms with Gasteiger partial charge in [0.05, 0.1) is 18.1 Å². The number of para-hydroxylation sites is 1. The molecule has 6 heteroatoms. The molecule has 0 radical (unpaired) electrons. The van der Waals surface area contributed by atoms with Gasteiger partial charge in [0.25, 0.3) is 0 Å². The second-order valence-electron chi connectivity index (χ2n) is 5.88. The Hall–Kier alpha value is -1.37. The van der Waals surface area contributed by atoms with E-state index < -0.39 is 9.84 Å². The molecule has 1 aromatic carbocycles. The quantitative estimate of drug-likeness (QED) is 0.874. The van der Waals surface area contributed by atoms with E-state index in [0.29, 0.717) is 26.1 Å². The molecule has 3 rings (SSSR count). The molecule has 0 spiro atoms. The minimum Gasteiger partial charge on any atom is -0.489 e. The van der Waals surface area contributed by atoms with Crippen molar-refractivity contribution in [3.05, 3.63) is 35.4 Å². The van der Waals surface area contributed by atoms with Gasteiger partial charge in [0.1, 0.15) is 12.4 Å². The number of rotatable bonds is 5. The minimum absolute atomic E-state index is 0.00443. The van der Waals surface area contributed by atoms with Gasteiger partial charge in [-0.1, -0.05) is 18.2 Å². The largest absolute Gasteiger partial charge is 0.489 e. The van der Waals surface area contributed by atoms with E-state index in [9.17, 15) is 13.5 Å². The highest BCUT2D eigenvalue weighted by Gasteiger charge is 2.32. The lowest BCUT2D eigenvalue weighted by molar-refractivity contribution is 0.167. The zero-order chi connectivity index (χ0) is 15.6. The van der Waals surface area contributed by atoms with Gasteiger partial charge in [0.15, 0.2) is 9.84 Å². The van der Waals surface area contributed by atoms with Gasteiger partial charge in [-0.25, -0.2) is 8.42 Å². The maximum Gasteiger partial charge on any atom is 0.151 e. The second-order valence-corrected chi connectivity index (χ2v) is 8.11. The highest BCUT2D eigenvalue weighted by molar-refractivity contribution is 7.91. The summed E-state index contributed by atoms with van der Waals surface area (Å²) < 4.78 is 29.1. The highest BCUT2D eigenvalue weighted by atomic mass is 32.2. The highest BCUT2D eigenvalue weighted by Crippen LogP contribution is 2.27. The molecule has 22 heavy (non-hydrogen) atoms. The van der Waals surface area contributed by atoms with Crippen LogP contribution in [0.2, 0.25) is 0 Å². The Bertz CT molecular complexity index is 668. The number of benzene rings is 1. The van der Waals surface area contributed by atoms with Crippen LogP contribution in [0.5, 0.6) is 5.75 Å². The van der Waals surface area contributed by atoms with E-state index in [4.69, 9.17) is 4.74 Å². The molecule has 1 atom stereocenters. The normalized spacial score (nSPS) is 23.0. The van der Waals surface area contributed by atoms with Crippen LogP contribution >= 0.6 is 0 Å². The van der Waals surface area contributed by atoms with Gasteiger partial charge < -0.3 is 9.84 Å². The molecule has 0 aliphatic carbocycles. The minimum atomic E-state index is -2.92. The molecule has 0 amide bonds. The lowest BCUT2D eigenvalue weighted by Gasteiger charge is -2.29. The van der Waals surface area contributed by atoms with Crippen molar-refractivity contribution < 1.29 is 18.3 Å². The number of aliphatic hydroxyl groups is 1. The average Bonchev–Trinajstić information content (AvgIpc) is 2.87. The van der Waals surface area contributed by atoms with Crippen LogP contribution in [0.15, 0.2) is 29.8 Å². The van der Waals surface area contributed by atoms with Gasteiger partial charge in [-0.3, -0.25) is 4.90 Å². The van der Waals surface area contributed by atoms with Crippen LogP contribution in [-0.4, -0.2) is 62.3 Å². The van der Waals surface area contributed by atoms with Crippen molar-refractivity contribution in [1.29, 1.82) is 0 Å². The molecule has 0 unspecified atom stereocenters. The molecule has 2 aliphatic heterocycles. The van der Waals surface area contributed by atoms with Crippen LogP contribution in [0.3, 0.4) is 0 Å². The smallest absolute Gasteiger partial charge is 0.151 e. The summed E-state index contributed by atoms with van der Waals surface area (Å²) in [5.74, 6) is 1.32. The molecular weight excluding hydrogens is 302 g/mol. The Kier molecular flexibility index (Phi) is 4.52.